The fraction of sp³-hybridized carbons (Fsp3) is 1.00. The van der Waals surface area contributed by atoms with E-state index in [4.69, 9.17) is 0 Å². The van der Waals surface area contributed by atoms with Crippen molar-refractivity contribution < 1.29 is 0 Å². The lowest BCUT2D eigenvalue weighted by Crippen LogP contribution is -2.58. The molecule has 3 heterocycles. The van der Waals surface area contributed by atoms with Crippen LogP contribution in [0.5, 0.6) is 0 Å². The molecule has 0 unspecified atom stereocenters. The molecule has 3 fully saturated rings. The summed E-state index contributed by atoms with van der Waals surface area (Å²) in [6.07, 6.45) is 4.31. The highest BCUT2D eigenvalue weighted by Gasteiger charge is 2.47. The van der Waals surface area contributed by atoms with Gasteiger partial charge in [-0.05, 0) is 57.9 Å². The summed E-state index contributed by atoms with van der Waals surface area (Å²) in [5, 5.41) is 0. The summed E-state index contributed by atoms with van der Waals surface area (Å²) in [4.78, 5) is 7.98. The van der Waals surface area contributed by atoms with Gasteiger partial charge in [0.1, 0.15) is 0 Å². The fourth-order valence-corrected chi connectivity index (χ4v) is 4.44. The number of piperidine rings is 1. The molecule has 3 nitrogen and oxygen atoms in total. The van der Waals surface area contributed by atoms with Crippen molar-refractivity contribution in [1.82, 2.24) is 14.7 Å². The highest BCUT2D eigenvalue weighted by Crippen LogP contribution is 2.40. The van der Waals surface area contributed by atoms with Crippen molar-refractivity contribution in [1.29, 1.82) is 0 Å². The van der Waals surface area contributed by atoms with Crippen molar-refractivity contribution in [3.05, 3.63) is 0 Å². The Morgan fingerprint density at radius 2 is 1.47 bits per heavy atom. The Bertz CT molecular complexity index is 290. The van der Waals surface area contributed by atoms with Gasteiger partial charge in [0.25, 0.3) is 0 Å². The number of hydrogen-bond donors (Lipinski definition) is 0. The second kappa shape index (κ2) is 5.71. The van der Waals surface area contributed by atoms with Crippen molar-refractivity contribution in [3.8, 4) is 0 Å². The van der Waals surface area contributed by atoms with Crippen molar-refractivity contribution in [2.24, 2.45) is 11.3 Å². The zero-order valence-corrected chi connectivity index (χ0v) is 12.9. The van der Waals surface area contributed by atoms with Crippen molar-refractivity contribution >= 4 is 0 Å². The van der Waals surface area contributed by atoms with E-state index in [1.54, 1.807) is 0 Å². The van der Waals surface area contributed by atoms with Gasteiger partial charge >= 0.3 is 0 Å². The van der Waals surface area contributed by atoms with E-state index >= 15 is 0 Å². The molecule has 1 spiro atoms. The molecule has 0 N–H and O–H groups in total. The molecule has 0 radical (unpaired) electrons. The third-order valence-electron chi connectivity index (χ3n) is 5.75. The van der Waals surface area contributed by atoms with Crippen LogP contribution in [0.2, 0.25) is 0 Å². The molecular weight excluding hydrogens is 234 g/mol. The molecule has 0 aromatic carbocycles. The van der Waals surface area contributed by atoms with E-state index in [1.807, 2.05) is 0 Å². The molecule has 0 bridgehead atoms. The maximum Gasteiger partial charge on any atom is 0.00969 e. The second-order valence-electron chi connectivity index (χ2n) is 7.17. The monoisotopic (exact) mass is 265 g/mol. The van der Waals surface area contributed by atoms with Crippen LogP contribution in [-0.2, 0) is 0 Å². The summed E-state index contributed by atoms with van der Waals surface area (Å²) < 4.78 is 0. The highest BCUT2D eigenvalue weighted by molar-refractivity contribution is 5.01. The predicted octanol–water partition coefficient (Wildman–Crippen LogP) is 1.75. The first-order chi connectivity index (χ1) is 9.23. The van der Waals surface area contributed by atoms with Gasteiger partial charge in [-0.15, -0.1) is 0 Å². The predicted molar refractivity (Wildman–Crippen MR) is 80.4 cm³/mol. The first-order valence-corrected chi connectivity index (χ1v) is 8.40. The van der Waals surface area contributed by atoms with E-state index in [0.717, 1.165) is 5.92 Å². The molecule has 0 saturated carbocycles. The Balaban J connectivity index is 1.38. The molecule has 3 aliphatic rings. The summed E-state index contributed by atoms with van der Waals surface area (Å²) >= 11 is 0. The minimum atomic E-state index is 0.695. The summed E-state index contributed by atoms with van der Waals surface area (Å²) in [6, 6.07) is 0. The number of nitrogens with zero attached hydrogens (tertiary/aromatic N) is 3. The van der Waals surface area contributed by atoms with Crippen LogP contribution in [0.4, 0.5) is 0 Å². The highest BCUT2D eigenvalue weighted by atomic mass is 15.3. The van der Waals surface area contributed by atoms with E-state index in [2.05, 4.69) is 28.5 Å². The van der Waals surface area contributed by atoms with Crippen LogP contribution >= 0.6 is 0 Å². The standard InChI is InChI=1S/C16H31N3/c1-3-17-8-5-15(6-9-17)11-19-13-16(14-19)7-10-18(4-2)12-16/h15H,3-14H2,1-2H3. The van der Waals surface area contributed by atoms with E-state index in [-0.39, 0.29) is 0 Å². The summed E-state index contributed by atoms with van der Waals surface area (Å²) in [6.45, 7) is 16.6. The fourth-order valence-electron chi connectivity index (χ4n) is 4.44. The van der Waals surface area contributed by atoms with Crippen molar-refractivity contribution in [2.45, 2.75) is 33.1 Å². The largest absolute Gasteiger partial charge is 0.304 e. The molecular formula is C16H31N3. The second-order valence-corrected chi connectivity index (χ2v) is 7.17. The van der Waals surface area contributed by atoms with Gasteiger partial charge in [-0.25, -0.2) is 0 Å². The van der Waals surface area contributed by atoms with Crippen LogP contribution in [0.25, 0.3) is 0 Å². The zero-order chi connectivity index (χ0) is 13.3. The number of hydrogen-bond acceptors (Lipinski definition) is 3. The number of likely N-dealkylation sites (tertiary alicyclic amines) is 3. The third-order valence-corrected chi connectivity index (χ3v) is 5.75. The Labute approximate surface area is 118 Å². The van der Waals surface area contributed by atoms with Crippen LogP contribution in [0.15, 0.2) is 0 Å². The van der Waals surface area contributed by atoms with E-state index in [1.165, 1.54) is 78.2 Å². The molecule has 3 heteroatoms. The van der Waals surface area contributed by atoms with Gasteiger partial charge in [0.15, 0.2) is 0 Å². The van der Waals surface area contributed by atoms with Gasteiger partial charge < -0.3 is 14.7 Å². The lowest BCUT2D eigenvalue weighted by Gasteiger charge is -2.50. The maximum atomic E-state index is 2.74. The third kappa shape index (κ3) is 2.98. The Hall–Kier alpha value is -0.120. The van der Waals surface area contributed by atoms with Crippen LogP contribution < -0.4 is 0 Å². The Kier molecular flexibility index (Phi) is 4.16. The molecule has 3 rings (SSSR count). The van der Waals surface area contributed by atoms with E-state index in [9.17, 15) is 0 Å². The SMILES string of the molecule is CCN1CCC(CN2CC3(CCN(CC)C3)C2)CC1. The van der Waals surface area contributed by atoms with Crippen molar-refractivity contribution in [3.63, 3.8) is 0 Å². The molecule has 0 aromatic rings. The molecule has 0 amide bonds. The quantitative estimate of drug-likeness (QED) is 0.767. The topological polar surface area (TPSA) is 9.72 Å². The van der Waals surface area contributed by atoms with Crippen LogP contribution in [0.1, 0.15) is 33.1 Å². The number of rotatable bonds is 4. The van der Waals surface area contributed by atoms with Crippen LogP contribution in [0.3, 0.4) is 0 Å². The zero-order valence-electron chi connectivity index (χ0n) is 12.9. The summed E-state index contributed by atoms with van der Waals surface area (Å²) in [5.74, 6) is 0.976. The molecule has 0 aromatic heterocycles. The van der Waals surface area contributed by atoms with Gasteiger partial charge in [0.05, 0.1) is 0 Å². The van der Waals surface area contributed by atoms with E-state index < -0.39 is 0 Å². The minimum absolute atomic E-state index is 0.695. The Morgan fingerprint density at radius 1 is 0.842 bits per heavy atom. The van der Waals surface area contributed by atoms with Crippen LogP contribution in [0, 0.1) is 11.3 Å². The molecule has 0 atom stereocenters. The minimum Gasteiger partial charge on any atom is -0.304 e. The first-order valence-electron chi connectivity index (χ1n) is 8.40. The van der Waals surface area contributed by atoms with Gasteiger partial charge in [-0.2, -0.15) is 0 Å². The molecule has 0 aliphatic carbocycles. The summed E-state index contributed by atoms with van der Waals surface area (Å²) in [5.41, 5.74) is 0.695. The van der Waals surface area contributed by atoms with Crippen LogP contribution in [-0.4, -0.2) is 73.6 Å². The van der Waals surface area contributed by atoms with Gasteiger partial charge in [-0.1, -0.05) is 13.8 Å². The first kappa shape index (κ1) is 13.8. The molecule has 19 heavy (non-hydrogen) atoms. The molecule has 3 aliphatic heterocycles. The summed E-state index contributed by atoms with van der Waals surface area (Å²) in [7, 11) is 0. The van der Waals surface area contributed by atoms with E-state index in [0.29, 0.717) is 5.41 Å². The smallest absolute Gasteiger partial charge is 0.00969 e. The van der Waals surface area contributed by atoms with Gasteiger partial charge in [0.2, 0.25) is 0 Å². The molecule has 110 valence electrons. The van der Waals surface area contributed by atoms with Gasteiger partial charge in [0, 0.05) is 31.6 Å². The lowest BCUT2D eigenvalue weighted by molar-refractivity contribution is -0.00914. The average Bonchev–Trinajstić information content (AvgIpc) is 2.84. The molecule has 3 saturated heterocycles. The Morgan fingerprint density at radius 3 is 2.05 bits per heavy atom. The average molecular weight is 265 g/mol. The normalized spacial score (nSPS) is 30.0. The van der Waals surface area contributed by atoms with Crippen molar-refractivity contribution in [2.75, 3.05) is 58.9 Å². The van der Waals surface area contributed by atoms with Gasteiger partial charge in [-0.3, -0.25) is 0 Å². The maximum absolute atomic E-state index is 2.74. The lowest BCUT2D eigenvalue weighted by atomic mass is 9.78.